The quantitative estimate of drug-likeness (QED) is 0.777. The zero-order valence-electron chi connectivity index (χ0n) is 9.60. The van der Waals surface area contributed by atoms with Crippen molar-refractivity contribution in [2.24, 2.45) is 0 Å². The molecule has 0 saturated carbocycles. The Balaban J connectivity index is 2.12. The van der Waals surface area contributed by atoms with Gasteiger partial charge in [-0.3, -0.25) is 9.69 Å². The minimum absolute atomic E-state index is 0.0669. The molecule has 0 unspecified atom stereocenters. The van der Waals surface area contributed by atoms with Gasteiger partial charge < -0.3 is 14.8 Å². The Kier molecular flexibility index (Phi) is 3.39. The van der Waals surface area contributed by atoms with Crippen molar-refractivity contribution in [3.05, 3.63) is 23.8 Å². The monoisotopic (exact) mass is 234 g/mol. The Labute approximate surface area is 99.4 Å². The fourth-order valence-corrected chi connectivity index (χ4v) is 1.73. The number of benzene rings is 1. The summed E-state index contributed by atoms with van der Waals surface area (Å²) in [5, 5.41) is 2.75. The van der Waals surface area contributed by atoms with Crippen LogP contribution >= 0.6 is 0 Å². The number of nitrogens with one attached hydrogen (secondary N) is 1. The van der Waals surface area contributed by atoms with Crippen molar-refractivity contribution in [2.75, 3.05) is 25.5 Å². The van der Waals surface area contributed by atoms with Crippen LogP contribution in [0.25, 0.3) is 0 Å². The SMILES string of the molecule is CN(CC=O)Cc1ccc2c(c1)NC(=O)CO2. The molecule has 1 aromatic carbocycles. The molecule has 0 aromatic heterocycles. The number of hydrogen-bond acceptors (Lipinski definition) is 4. The van der Waals surface area contributed by atoms with Gasteiger partial charge in [-0.05, 0) is 24.7 Å². The highest BCUT2D eigenvalue weighted by Crippen LogP contribution is 2.28. The van der Waals surface area contributed by atoms with E-state index in [4.69, 9.17) is 4.74 Å². The molecule has 0 saturated heterocycles. The van der Waals surface area contributed by atoms with Crippen LogP contribution < -0.4 is 10.1 Å². The van der Waals surface area contributed by atoms with Crippen molar-refractivity contribution in [1.82, 2.24) is 4.90 Å². The summed E-state index contributed by atoms with van der Waals surface area (Å²) >= 11 is 0. The third-order valence-electron chi connectivity index (χ3n) is 2.52. The van der Waals surface area contributed by atoms with Crippen LogP contribution in [0.15, 0.2) is 18.2 Å². The molecule has 5 nitrogen and oxygen atoms in total. The molecule has 0 radical (unpaired) electrons. The summed E-state index contributed by atoms with van der Waals surface area (Å²) in [4.78, 5) is 23.4. The van der Waals surface area contributed by atoms with Gasteiger partial charge in [-0.25, -0.2) is 0 Å². The number of nitrogens with zero attached hydrogens (tertiary/aromatic N) is 1. The number of ether oxygens (including phenoxy) is 1. The number of carbonyl (C=O) groups is 2. The molecule has 5 heteroatoms. The predicted molar refractivity (Wildman–Crippen MR) is 63.0 cm³/mol. The number of fused-ring (bicyclic) bond motifs is 1. The van der Waals surface area contributed by atoms with E-state index in [1.807, 2.05) is 30.1 Å². The summed E-state index contributed by atoms with van der Waals surface area (Å²) in [6.45, 7) is 1.11. The second-order valence-electron chi connectivity index (χ2n) is 4.03. The van der Waals surface area contributed by atoms with Gasteiger partial charge in [0.1, 0.15) is 12.0 Å². The first kappa shape index (κ1) is 11.6. The third kappa shape index (κ3) is 2.82. The molecule has 1 heterocycles. The Morgan fingerprint density at radius 2 is 2.35 bits per heavy atom. The van der Waals surface area contributed by atoms with E-state index >= 15 is 0 Å². The molecular weight excluding hydrogens is 220 g/mol. The van der Waals surface area contributed by atoms with Gasteiger partial charge in [0.2, 0.25) is 0 Å². The maximum Gasteiger partial charge on any atom is 0.262 e. The highest BCUT2D eigenvalue weighted by molar-refractivity contribution is 5.95. The highest BCUT2D eigenvalue weighted by atomic mass is 16.5. The minimum Gasteiger partial charge on any atom is -0.482 e. The Bertz CT molecular complexity index is 445. The number of likely N-dealkylation sites (N-methyl/N-ethyl adjacent to an activating group) is 1. The van der Waals surface area contributed by atoms with E-state index in [1.54, 1.807) is 0 Å². The van der Waals surface area contributed by atoms with Crippen LogP contribution in [0.1, 0.15) is 5.56 Å². The fourth-order valence-electron chi connectivity index (χ4n) is 1.73. The van der Waals surface area contributed by atoms with E-state index in [2.05, 4.69) is 5.32 Å². The van der Waals surface area contributed by atoms with E-state index in [0.717, 1.165) is 11.8 Å². The van der Waals surface area contributed by atoms with Crippen LogP contribution in [0.4, 0.5) is 5.69 Å². The van der Waals surface area contributed by atoms with Gasteiger partial charge in [0.05, 0.1) is 12.2 Å². The van der Waals surface area contributed by atoms with E-state index in [9.17, 15) is 9.59 Å². The molecule has 1 aromatic rings. The molecule has 1 N–H and O–H groups in total. The lowest BCUT2D eigenvalue weighted by atomic mass is 10.1. The molecule has 1 amide bonds. The van der Waals surface area contributed by atoms with Crippen LogP contribution in [-0.4, -0.2) is 37.3 Å². The lowest BCUT2D eigenvalue weighted by Gasteiger charge is -2.20. The van der Waals surface area contributed by atoms with Gasteiger partial charge >= 0.3 is 0 Å². The summed E-state index contributed by atoms with van der Waals surface area (Å²) < 4.78 is 5.26. The lowest BCUT2D eigenvalue weighted by molar-refractivity contribution is -0.118. The Morgan fingerprint density at radius 1 is 1.53 bits per heavy atom. The van der Waals surface area contributed by atoms with Gasteiger partial charge in [0, 0.05) is 6.54 Å². The maximum absolute atomic E-state index is 11.2. The number of aldehydes is 1. The van der Waals surface area contributed by atoms with E-state index in [1.165, 1.54) is 0 Å². The average Bonchev–Trinajstić information content (AvgIpc) is 2.28. The van der Waals surface area contributed by atoms with Crippen LogP contribution in [0.2, 0.25) is 0 Å². The van der Waals surface area contributed by atoms with Gasteiger partial charge in [0.25, 0.3) is 5.91 Å². The molecule has 0 bridgehead atoms. The smallest absolute Gasteiger partial charge is 0.262 e. The normalized spacial score (nSPS) is 13.9. The fraction of sp³-hybridized carbons (Fsp3) is 0.333. The topological polar surface area (TPSA) is 58.6 Å². The Morgan fingerprint density at radius 3 is 3.12 bits per heavy atom. The molecule has 2 rings (SSSR count). The average molecular weight is 234 g/mol. The largest absolute Gasteiger partial charge is 0.482 e. The second kappa shape index (κ2) is 4.97. The number of hydrogen-bond donors (Lipinski definition) is 1. The van der Waals surface area contributed by atoms with Gasteiger partial charge in [-0.1, -0.05) is 6.07 Å². The molecule has 90 valence electrons. The van der Waals surface area contributed by atoms with Crippen LogP contribution in [0.5, 0.6) is 5.75 Å². The van der Waals surface area contributed by atoms with Crippen molar-refractivity contribution in [3.63, 3.8) is 0 Å². The molecular formula is C12H14N2O3. The number of rotatable bonds is 4. The summed E-state index contributed by atoms with van der Waals surface area (Å²) in [6, 6.07) is 5.63. The van der Waals surface area contributed by atoms with E-state index in [-0.39, 0.29) is 12.5 Å². The van der Waals surface area contributed by atoms with Crippen LogP contribution in [0.3, 0.4) is 0 Å². The molecule has 0 spiro atoms. The van der Waals surface area contributed by atoms with Gasteiger partial charge in [0.15, 0.2) is 6.61 Å². The van der Waals surface area contributed by atoms with Crippen molar-refractivity contribution >= 4 is 17.9 Å². The minimum atomic E-state index is -0.143. The van der Waals surface area contributed by atoms with Crippen LogP contribution in [0, 0.1) is 0 Å². The summed E-state index contributed by atoms with van der Waals surface area (Å²) in [7, 11) is 1.86. The van der Waals surface area contributed by atoms with Crippen molar-refractivity contribution in [2.45, 2.75) is 6.54 Å². The van der Waals surface area contributed by atoms with E-state index < -0.39 is 0 Å². The molecule has 1 aliphatic heterocycles. The first-order valence-corrected chi connectivity index (χ1v) is 5.37. The lowest BCUT2D eigenvalue weighted by Crippen LogP contribution is -2.26. The molecule has 0 fully saturated rings. The van der Waals surface area contributed by atoms with E-state index in [0.29, 0.717) is 24.5 Å². The standard InChI is InChI=1S/C12H14N2O3/c1-14(4-5-15)7-9-2-3-11-10(6-9)13-12(16)8-17-11/h2-3,5-6H,4,7-8H2,1H3,(H,13,16). The number of anilines is 1. The third-order valence-corrected chi connectivity index (χ3v) is 2.52. The zero-order valence-corrected chi connectivity index (χ0v) is 9.60. The van der Waals surface area contributed by atoms with Crippen molar-refractivity contribution < 1.29 is 14.3 Å². The first-order valence-electron chi connectivity index (χ1n) is 5.37. The number of carbonyl (C=O) groups excluding carboxylic acids is 2. The summed E-state index contributed by atoms with van der Waals surface area (Å²) in [6.07, 6.45) is 0.864. The summed E-state index contributed by atoms with van der Waals surface area (Å²) in [5.74, 6) is 0.544. The number of amides is 1. The highest BCUT2D eigenvalue weighted by Gasteiger charge is 2.15. The maximum atomic E-state index is 11.2. The van der Waals surface area contributed by atoms with Gasteiger partial charge in [-0.2, -0.15) is 0 Å². The first-order chi connectivity index (χ1) is 8.19. The zero-order chi connectivity index (χ0) is 12.3. The second-order valence-corrected chi connectivity index (χ2v) is 4.03. The van der Waals surface area contributed by atoms with Gasteiger partial charge in [-0.15, -0.1) is 0 Å². The van der Waals surface area contributed by atoms with Crippen molar-refractivity contribution in [3.8, 4) is 5.75 Å². The predicted octanol–water partition coefficient (Wildman–Crippen LogP) is 0.648. The van der Waals surface area contributed by atoms with Crippen LogP contribution in [-0.2, 0) is 16.1 Å². The molecule has 0 aliphatic carbocycles. The molecule has 17 heavy (non-hydrogen) atoms. The Hall–Kier alpha value is -1.88. The van der Waals surface area contributed by atoms with Crippen molar-refractivity contribution in [1.29, 1.82) is 0 Å². The summed E-state index contributed by atoms with van der Waals surface area (Å²) in [5.41, 5.74) is 1.72. The molecule has 0 atom stereocenters. The molecule has 1 aliphatic rings.